The molecule has 214 valence electrons. The first kappa shape index (κ1) is 32.9. The number of ether oxygens (including phenoxy) is 5. The zero-order valence-electron chi connectivity index (χ0n) is 23.6. The van der Waals surface area contributed by atoms with Gasteiger partial charge in [0.2, 0.25) is 0 Å². The zero-order valence-corrected chi connectivity index (χ0v) is 23.6. The highest BCUT2D eigenvalue weighted by atomic mass is 16.7. The number of benzene rings is 1. The Kier molecular flexibility index (Phi) is 14.4. The van der Waals surface area contributed by atoms with Crippen molar-refractivity contribution in [3.8, 4) is 11.5 Å². The predicted molar refractivity (Wildman–Crippen MR) is 141 cm³/mol. The van der Waals surface area contributed by atoms with Crippen LogP contribution in [0.3, 0.4) is 0 Å². The van der Waals surface area contributed by atoms with Crippen molar-refractivity contribution in [1.82, 2.24) is 0 Å². The highest BCUT2D eigenvalue weighted by molar-refractivity contribution is 5.79. The second-order valence-electron chi connectivity index (χ2n) is 9.89. The second-order valence-corrected chi connectivity index (χ2v) is 9.89. The van der Waals surface area contributed by atoms with Crippen molar-refractivity contribution in [2.45, 2.75) is 86.3 Å². The van der Waals surface area contributed by atoms with Crippen LogP contribution in [0.4, 0.5) is 4.79 Å². The van der Waals surface area contributed by atoms with Gasteiger partial charge in [0.15, 0.2) is 11.5 Å². The predicted octanol–water partition coefficient (Wildman–Crippen LogP) is 4.59. The van der Waals surface area contributed by atoms with Crippen LogP contribution in [-0.2, 0) is 35.0 Å². The Hall–Kier alpha value is -3.14. The molecule has 0 aromatic heterocycles. The molecule has 10 heteroatoms. The summed E-state index contributed by atoms with van der Waals surface area (Å²) >= 11 is 0. The van der Waals surface area contributed by atoms with Gasteiger partial charge >= 0.3 is 24.1 Å². The number of nitrogens with two attached hydrogens (primary N) is 1. The molecule has 0 aliphatic heterocycles. The minimum atomic E-state index is -1.04. The first-order chi connectivity index (χ1) is 17.9. The molecule has 0 spiro atoms. The summed E-state index contributed by atoms with van der Waals surface area (Å²) in [6.45, 7) is 12.9. The molecule has 0 radical (unpaired) electrons. The van der Waals surface area contributed by atoms with Crippen LogP contribution in [-0.4, -0.2) is 49.4 Å². The van der Waals surface area contributed by atoms with E-state index in [1.807, 2.05) is 27.7 Å². The molecular weight excluding hydrogens is 494 g/mol. The second kappa shape index (κ2) is 16.7. The Morgan fingerprint density at radius 2 is 1.39 bits per heavy atom. The van der Waals surface area contributed by atoms with E-state index in [-0.39, 0.29) is 43.0 Å². The van der Waals surface area contributed by atoms with E-state index < -0.39 is 36.2 Å². The van der Waals surface area contributed by atoms with E-state index in [2.05, 4.69) is 0 Å². The maximum absolute atomic E-state index is 12.4. The van der Waals surface area contributed by atoms with Crippen LogP contribution in [0.2, 0.25) is 0 Å². The quantitative estimate of drug-likeness (QED) is 0.249. The van der Waals surface area contributed by atoms with Crippen LogP contribution >= 0.6 is 0 Å². The highest BCUT2D eigenvalue weighted by Crippen LogP contribution is 2.31. The summed E-state index contributed by atoms with van der Waals surface area (Å²) in [5.74, 6) is -1.72. The van der Waals surface area contributed by atoms with Crippen LogP contribution in [0.5, 0.6) is 11.5 Å². The number of rotatable bonds is 15. The molecule has 2 unspecified atom stereocenters. The fourth-order valence-electron chi connectivity index (χ4n) is 2.85. The molecule has 38 heavy (non-hydrogen) atoms. The minimum Gasteiger partial charge on any atom is -0.461 e. The largest absolute Gasteiger partial charge is 0.508 e. The topological polar surface area (TPSA) is 140 Å². The molecular formula is C28H43NO9. The van der Waals surface area contributed by atoms with Crippen molar-refractivity contribution >= 4 is 24.1 Å². The molecule has 0 saturated heterocycles. The molecule has 1 aromatic rings. The fraction of sp³-hybridized carbons (Fsp3) is 0.643. The molecule has 0 amide bonds. The molecule has 10 nitrogen and oxygen atoms in total. The first-order valence-electron chi connectivity index (χ1n) is 13.2. The van der Waals surface area contributed by atoms with Crippen molar-refractivity contribution in [3.63, 3.8) is 0 Å². The van der Waals surface area contributed by atoms with Gasteiger partial charge in [0.05, 0.1) is 18.4 Å². The van der Waals surface area contributed by atoms with Crippen LogP contribution in [0, 0.1) is 17.8 Å². The van der Waals surface area contributed by atoms with Gasteiger partial charge < -0.3 is 29.4 Å². The molecule has 1 aromatic carbocycles. The molecule has 0 aliphatic rings. The van der Waals surface area contributed by atoms with Crippen molar-refractivity contribution < 1.29 is 42.9 Å². The van der Waals surface area contributed by atoms with E-state index in [1.165, 1.54) is 12.1 Å². The van der Waals surface area contributed by atoms with Crippen molar-refractivity contribution in [3.05, 3.63) is 23.8 Å². The van der Waals surface area contributed by atoms with Crippen molar-refractivity contribution in [2.24, 2.45) is 23.5 Å². The smallest absolute Gasteiger partial charge is 0.461 e. The van der Waals surface area contributed by atoms with Crippen LogP contribution in [0.25, 0.3) is 0 Å². The molecule has 0 fully saturated rings. The maximum Gasteiger partial charge on any atom is 0.508 e. The molecule has 2 N–H and O–H groups in total. The highest BCUT2D eigenvalue weighted by Gasteiger charge is 2.23. The molecule has 0 bridgehead atoms. The monoisotopic (exact) mass is 537 g/mol. The third kappa shape index (κ3) is 11.9. The average Bonchev–Trinajstić information content (AvgIpc) is 2.87. The fourth-order valence-corrected chi connectivity index (χ4v) is 2.85. The van der Waals surface area contributed by atoms with E-state index in [9.17, 15) is 19.2 Å². The van der Waals surface area contributed by atoms with E-state index in [0.717, 1.165) is 0 Å². The van der Waals surface area contributed by atoms with E-state index in [4.69, 9.17) is 29.4 Å². The van der Waals surface area contributed by atoms with E-state index in [0.29, 0.717) is 30.7 Å². The summed E-state index contributed by atoms with van der Waals surface area (Å²) in [4.78, 5) is 48.9. The van der Waals surface area contributed by atoms with Crippen LogP contribution in [0.15, 0.2) is 18.2 Å². The summed E-state index contributed by atoms with van der Waals surface area (Å²) in [5.41, 5.74) is 6.60. The van der Waals surface area contributed by atoms with Gasteiger partial charge in [-0.25, -0.2) is 4.79 Å². The standard InChI is InChI=1S/C28H43NO9/c1-8-18(5)25(30)37-23-11-10-21(15-24(23)38-26(31)19(6)9-2)14-22(29)27(32)35-16-20(7)36-28(33)34-13-12-17(3)4/h10-11,15,17-20,22H,8-9,12-14,16,29H2,1-7H3/t18?,19?,20-,22-/m0/s1. The normalized spacial score (nSPS) is 14.1. The summed E-state index contributed by atoms with van der Waals surface area (Å²) in [7, 11) is 0. The molecule has 0 aliphatic carbocycles. The number of carbonyl (C=O) groups is 4. The van der Waals surface area contributed by atoms with Gasteiger partial charge in [-0.15, -0.1) is 0 Å². The minimum absolute atomic E-state index is 0.0682. The third-order valence-corrected chi connectivity index (χ3v) is 5.89. The van der Waals surface area contributed by atoms with Gasteiger partial charge in [0.25, 0.3) is 0 Å². The Morgan fingerprint density at radius 3 is 1.95 bits per heavy atom. The molecule has 0 heterocycles. The maximum atomic E-state index is 12.4. The summed E-state index contributed by atoms with van der Waals surface area (Å²) in [6.07, 6.45) is 0.413. The molecule has 1 rings (SSSR count). The lowest BCUT2D eigenvalue weighted by molar-refractivity contribution is -0.148. The van der Waals surface area contributed by atoms with Crippen LogP contribution in [0.1, 0.15) is 73.3 Å². The van der Waals surface area contributed by atoms with Crippen molar-refractivity contribution in [2.75, 3.05) is 13.2 Å². The molecule has 4 atom stereocenters. The van der Waals surface area contributed by atoms with Gasteiger partial charge in [0, 0.05) is 0 Å². The zero-order chi connectivity index (χ0) is 28.8. The van der Waals surface area contributed by atoms with Gasteiger partial charge in [-0.1, -0.05) is 47.6 Å². The van der Waals surface area contributed by atoms with E-state index >= 15 is 0 Å². The van der Waals surface area contributed by atoms with Crippen LogP contribution < -0.4 is 15.2 Å². The summed E-state index contributed by atoms with van der Waals surface area (Å²) in [5, 5.41) is 0. The van der Waals surface area contributed by atoms with Gasteiger partial charge in [-0.05, 0) is 56.2 Å². The lowest BCUT2D eigenvalue weighted by atomic mass is 10.1. The Bertz CT molecular complexity index is 931. The van der Waals surface area contributed by atoms with Crippen molar-refractivity contribution in [1.29, 1.82) is 0 Å². The number of carbonyl (C=O) groups excluding carboxylic acids is 4. The van der Waals surface area contributed by atoms with E-state index in [1.54, 1.807) is 26.8 Å². The van der Waals surface area contributed by atoms with Gasteiger partial charge in [-0.2, -0.15) is 0 Å². The average molecular weight is 538 g/mol. The number of hydrogen-bond donors (Lipinski definition) is 1. The summed E-state index contributed by atoms with van der Waals surface area (Å²) < 4.78 is 26.2. The lowest BCUT2D eigenvalue weighted by Gasteiger charge is -2.17. The Morgan fingerprint density at radius 1 is 0.816 bits per heavy atom. The van der Waals surface area contributed by atoms with Gasteiger partial charge in [0.1, 0.15) is 18.8 Å². The number of hydrogen-bond acceptors (Lipinski definition) is 10. The summed E-state index contributed by atoms with van der Waals surface area (Å²) in [6, 6.07) is 3.62. The SMILES string of the molecule is CCC(C)C(=O)Oc1ccc(C[C@H](N)C(=O)OC[C@H](C)OC(=O)OCCC(C)C)cc1OC(=O)C(C)CC. The third-order valence-electron chi connectivity index (χ3n) is 5.89. The lowest BCUT2D eigenvalue weighted by Crippen LogP contribution is -2.36. The number of esters is 3. The Labute approximate surface area is 225 Å². The Balaban J connectivity index is 2.79. The first-order valence-corrected chi connectivity index (χ1v) is 13.2. The molecule has 0 saturated carbocycles. The van der Waals surface area contributed by atoms with Gasteiger partial charge in [-0.3, -0.25) is 14.4 Å².